The number of thioether (sulfide) groups is 1. The first kappa shape index (κ1) is 13.0. The van der Waals surface area contributed by atoms with Crippen molar-refractivity contribution in [3.8, 4) is 0 Å². The van der Waals surface area contributed by atoms with Crippen molar-refractivity contribution < 1.29 is 24.2 Å². The first-order valence-electron chi connectivity index (χ1n) is 5.18. The van der Waals surface area contributed by atoms with Crippen LogP contribution in [0.25, 0.3) is 0 Å². The maximum atomic E-state index is 11.6. The molecule has 2 saturated heterocycles. The lowest BCUT2D eigenvalue weighted by Crippen LogP contribution is -2.69. The van der Waals surface area contributed by atoms with Crippen LogP contribution in [0.4, 0.5) is 4.79 Å². The molecule has 0 spiro atoms. The normalized spacial score (nSPS) is 38.0. The summed E-state index contributed by atoms with van der Waals surface area (Å²) in [4.78, 5) is 34.7. The number of ether oxygens (including phenoxy) is 1. The zero-order valence-corrected chi connectivity index (χ0v) is 10.3. The first-order chi connectivity index (χ1) is 8.28. The van der Waals surface area contributed by atoms with Gasteiger partial charge in [-0.15, -0.1) is 11.8 Å². The molecule has 100 valence electrons. The fraction of sp³-hybridized carbons (Fsp3) is 0.667. The summed E-state index contributed by atoms with van der Waals surface area (Å²) in [6.07, 6.45) is -0.981. The molecule has 3 unspecified atom stereocenters. The second-order valence-corrected chi connectivity index (χ2v) is 6.09. The molecule has 18 heavy (non-hydrogen) atoms. The Balaban J connectivity index is 2.22. The van der Waals surface area contributed by atoms with Crippen molar-refractivity contribution in [1.82, 2.24) is 4.90 Å². The summed E-state index contributed by atoms with van der Waals surface area (Å²) >= 11 is 1.22. The lowest BCUT2D eigenvalue weighted by molar-refractivity contribution is -0.159. The lowest BCUT2D eigenvalue weighted by Gasteiger charge is -2.41. The molecule has 2 rings (SSSR count). The van der Waals surface area contributed by atoms with Crippen LogP contribution in [0.1, 0.15) is 6.92 Å². The Morgan fingerprint density at radius 2 is 2.22 bits per heavy atom. The third-order valence-corrected chi connectivity index (χ3v) is 4.74. The quantitative estimate of drug-likeness (QED) is 0.535. The van der Waals surface area contributed by atoms with Crippen molar-refractivity contribution in [2.24, 2.45) is 11.5 Å². The van der Waals surface area contributed by atoms with Gasteiger partial charge in [0.05, 0.1) is 4.75 Å². The van der Waals surface area contributed by atoms with Crippen LogP contribution in [0.2, 0.25) is 0 Å². The Kier molecular flexibility index (Phi) is 2.90. The Labute approximate surface area is 107 Å². The minimum atomic E-state index is -1.15. The first-order valence-corrected chi connectivity index (χ1v) is 6.06. The number of rotatable bonds is 3. The molecule has 8 nitrogen and oxygen atoms in total. The molecule has 5 N–H and O–H groups in total. The number of carboxylic acid groups (broad SMARTS) is 1. The minimum Gasteiger partial charge on any atom is -0.480 e. The zero-order chi connectivity index (χ0) is 13.7. The summed E-state index contributed by atoms with van der Waals surface area (Å²) < 4.78 is 3.73. The van der Waals surface area contributed by atoms with E-state index in [0.717, 1.165) is 0 Å². The minimum absolute atomic E-state index is 0.184. The third-order valence-electron chi connectivity index (χ3n) is 3.10. The van der Waals surface area contributed by atoms with Gasteiger partial charge in [-0.1, -0.05) is 0 Å². The Hall–Kier alpha value is -1.48. The number of aliphatic carboxylic acids is 1. The van der Waals surface area contributed by atoms with Crippen molar-refractivity contribution in [2.75, 3.05) is 6.61 Å². The van der Waals surface area contributed by atoms with E-state index in [2.05, 4.69) is 4.74 Å². The predicted molar refractivity (Wildman–Crippen MR) is 61.6 cm³/mol. The van der Waals surface area contributed by atoms with Crippen LogP contribution in [0.3, 0.4) is 0 Å². The summed E-state index contributed by atoms with van der Waals surface area (Å²) in [6, 6.07) is -1.77. The summed E-state index contributed by atoms with van der Waals surface area (Å²) in [5.74, 6) is -1.55. The predicted octanol–water partition coefficient (Wildman–Crippen LogP) is -1.46. The number of nitrogens with zero attached hydrogens (tertiary/aromatic N) is 1. The van der Waals surface area contributed by atoms with Crippen molar-refractivity contribution in [1.29, 1.82) is 0 Å². The van der Waals surface area contributed by atoms with E-state index in [-0.39, 0.29) is 12.0 Å². The van der Waals surface area contributed by atoms with Gasteiger partial charge < -0.3 is 26.2 Å². The highest BCUT2D eigenvalue weighted by Crippen LogP contribution is 2.50. The van der Waals surface area contributed by atoms with Gasteiger partial charge in [-0.3, -0.25) is 4.79 Å². The van der Waals surface area contributed by atoms with Crippen LogP contribution in [0, 0.1) is 0 Å². The third kappa shape index (κ3) is 1.70. The molecular formula is C9H13N3O5S. The number of nitrogens with two attached hydrogens (primary N) is 2. The number of primary amides is 1. The number of hydrogen-bond donors (Lipinski definition) is 3. The summed E-state index contributed by atoms with van der Waals surface area (Å²) in [5.41, 5.74) is 10.5. The fourth-order valence-electron chi connectivity index (χ4n) is 2.26. The van der Waals surface area contributed by atoms with Gasteiger partial charge in [-0.25, -0.2) is 9.59 Å². The number of carbonyl (C=O) groups excluding carboxylic acids is 2. The number of carbonyl (C=O) groups is 3. The van der Waals surface area contributed by atoms with E-state index in [1.54, 1.807) is 6.92 Å². The average molecular weight is 275 g/mol. The number of β-lactam (4-membered cyclic amide) rings is 1. The smallest absolute Gasteiger partial charge is 0.404 e. The van der Waals surface area contributed by atoms with Crippen molar-refractivity contribution >= 4 is 29.7 Å². The molecule has 2 amide bonds. The summed E-state index contributed by atoms with van der Waals surface area (Å²) in [5, 5.41) is 8.83. The Morgan fingerprint density at radius 3 is 2.72 bits per heavy atom. The molecule has 0 aliphatic carbocycles. The van der Waals surface area contributed by atoms with E-state index in [0.29, 0.717) is 0 Å². The van der Waals surface area contributed by atoms with Crippen LogP contribution < -0.4 is 11.5 Å². The zero-order valence-electron chi connectivity index (χ0n) is 9.53. The van der Waals surface area contributed by atoms with Crippen LogP contribution in [0.5, 0.6) is 0 Å². The van der Waals surface area contributed by atoms with Gasteiger partial charge in [0.2, 0.25) is 5.91 Å². The van der Waals surface area contributed by atoms with E-state index in [1.165, 1.54) is 16.7 Å². The second-order valence-electron chi connectivity index (χ2n) is 4.44. The molecule has 2 aliphatic rings. The molecular weight excluding hydrogens is 262 g/mol. The highest BCUT2D eigenvalue weighted by Gasteiger charge is 2.64. The van der Waals surface area contributed by atoms with Gasteiger partial charge in [0.1, 0.15) is 24.1 Å². The maximum Gasteiger partial charge on any atom is 0.404 e. The molecule has 0 radical (unpaired) electrons. The van der Waals surface area contributed by atoms with Crippen LogP contribution in [-0.2, 0) is 14.3 Å². The van der Waals surface area contributed by atoms with Crippen LogP contribution in [-0.4, -0.2) is 56.8 Å². The van der Waals surface area contributed by atoms with E-state index < -0.39 is 34.8 Å². The largest absolute Gasteiger partial charge is 0.480 e. The van der Waals surface area contributed by atoms with Crippen LogP contribution in [0.15, 0.2) is 0 Å². The molecule has 0 bridgehead atoms. The van der Waals surface area contributed by atoms with Gasteiger partial charge in [0.15, 0.2) is 0 Å². The highest BCUT2D eigenvalue weighted by atomic mass is 32.2. The fourth-order valence-corrected chi connectivity index (χ4v) is 3.88. The Bertz CT molecular complexity index is 430. The molecule has 0 aromatic carbocycles. The molecule has 0 aromatic heterocycles. The topological polar surface area (TPSA) is 136 Å². The standard InChI is InChI=1S/C9H13N3O5S/c1-9(2-17-8(11)16)4(7(14)15)12-5(13)3(10)6(12)18-9/h3-4,6H,2,10H2,1H3,(H2,11,16)(H,14,15)/t3?,4?,6-,9?/m1/s1. The molecule has 0 saturated carbocycles. The summed E-state index contributed by atoms with van der Waals surface area (Å²) in [6.45, 7) is 1.43. The van der Waals surface area contributed by atoms with Gasteiger partial charge in [-0.05, 0) is 6.92 Å². The number of hydrogen-bond acceptors (Lipinski definition) is 6. The van der Waals surface area contributed by atoms with Crippen molar-refractivity contribution in [3.63, 3.8) is 0 Å². The van der Waals surface area contributed by atoms with E-state index in [4.69, 9.17) is 11.5 Å². The van der Waals surface area contributed by atoms with E-state index in [1.807, 2.05) is 0 Å². The molecule has 2 aliphatic heterocycles. The van der Waals surface area contributed by atoms with E-state index in [9.17, 15) is 19.5 Å². The van der Waals surface area contributed by atoms with E-state index >= 15 is 0 Å². The summed E-state index contributed by atoms with van der Waals surface area (Å²) in [7, 11) is 0. The average Bonchev–Trinajstić information content (AvgIpc) is 2.57. The highest BCUT2D eigenvalue weighted by molar-refractivity contribution is 8.01. The van der Waals surface area contributed by atoms with Gasteiger partial charge in [-0.2, -0.15) is 0 Å². The maximum absolute atomic E-state index is 11.6. The second kappa shape index (κ2) is 4.02. The molecule has 0 aromatic rings. The Morgan fingerprint density at radius 1 is 1.61 bits per heavy atom. The van der Waals surface area contributed by atoms with Gasteiger partial charge >= 0.3 is 12.1 Å². The SMILES string of the molecule is CC1(COC(N)=O)S[C@@H]2C(N)C(=O)N2C1C(=O)O. The number of fused-ring (bicyclic) bond motifs is 1. The molecule has 2 heterocycles. The number of carboxylic acids is 1. The lowest BCUT2D eigenvalue weighted by atomic mass is 9.95. The van der Waals surface area contributed by atoms with Crippen LogP contribution >= 0.6 is 11.8 Å². The molecule has 9 heteroatoms. The molecule has 2 fully saturated rings. The van der Waals surface area contributed by atoms with Gasteiger partial charge in [0.25, 0.3) is 0 Å². The van der Waals surface area contributed by atoms with Crippen molar-refractivity contribution in [2.45, 2.75) is 29.1 Å². The monoisotopic (exact) mass is 275 g/mol. The van der Waals surface area contributed by atoms with Gasteiger partial charge in [0, 0.05) is 0 Å². The molecule has 4 atom stereocenters. The number of amides is 2. The van der Waals surface area contributed by atoms with Crippen molar-refractivity contribution in [3.05, 3.63) is 0 Å².